The maximum absolute atomic E-state index is 12.8. The fourth-order valence-electron chi connectivity index (χ4n) is 2.66. The highest BCUT2D eigenvalue weighted by Crippen LogP contribution is 2.32. The Labute approximate surface area is 169 Å². The molecule has 0 aliphatic rings. The van der Waals surface area contributed by atoms with Crippen molar-refractivity contribution in [2.45, 2.75) is 16.7 Å². The van der Waals surface area contributed by atoms with Crippen molar-refractivity contribution < 1.29 is 13.2 Å². The summed E-state index contributed by atoms with van der Waals surface area (Å²) in [6.07, 6.45) is 0. The normalized spacial score (nSPS) is 11.1. The molecule has 0 saturated carbocycles. The van der Waals surface area contributed by atoms with Gasteiger partial charge in [-0.1, -0.05) is 54.1 Å². The second-order valence-corrected chi connectivity index (χ2v) is 8.45. The molecule has 3 aromatic carbocycles. The number of hydrogen-bond acceptors (Lipinski definition) is 4. The van der Waals surface area contributed by atoms with Crippen LogP contribution in [-0.2, 0) is 14.6 Å². The fourth-order valence-corrected chi connectivity index (χ4v) is 4.54. The summed E-state index contributed by atoms with van der Waals surface area (Å²) >= 11 is 6.34. The van der Waals surface area contributed by atoms with Gasteiger partial charge in [-0.15, -0.1) is 0 Å². The van der Waals surface area contributed by atoms with Crippen LogP contribution in [0.5, 0.6) is 0 Å². The summed E-state index contributed by atoms with van der Waals surface area (Å²) in [6, 6.07) is 20.2. The van der Waals surface area contributed by atoms with Crippen LogP contribution in [0.3, 0.4) is 0 Å². The predicted octanol–water partition coefficient (Wildman–Crippen LogP) is 4.53. The van der Waals surface area contributed by atoms with Crippen LogP contribution in [0.1, 0.15) is 5.56 Å². The molecule has 144 valence electrons. The number of halogens is 1. The number of amides is 1. The minimum Gasteiger partial charge on any atom is -0.375 e. The molecular weight excluding hydrogens is 396 g/mol. The van der Waals surface area contributed by atoms with E-state index in [9.17, 15) is 13.2 Å². The molecular formula is C21H19ClN2O3S. The summed E-state index contributed by atoms with van der Waals surface area (Å²) in [4.78, 5) is 12.4. The first kappa shape index (κ1) is 19.9. The number of para-hydroxylation sites is 1. The van der Waals surface area contributed by atoms with Crippen molar-refractivity contribution in [3.05, 3.63) is 83.4 Å². The van der Waals surface area contributed by atoms with Gasteiger partial charge in [0.15, 0.2) is 0 Å². The van der Waals surface area contributed by atoms with E-state index in [1.807, 2.05) is 31.2 Å². The lowest BCUT2D eigenvalue weighted by Crippen LogP contribution is -2.22. The zero-order valence-electron chi connectivity index (χ0n) is 15.1. The fraction of sp³-hybridized carbons (Fsp3) is 0.0952. The molecule has 2 N–H and O–H groups in total. The number of aryl methyl sites for hydroxylation is 1. The van der Waals surface area contributed by atoms with Gasteiger partial charge in [0, 0.05) is 5.69 Å². The Morgan fingerprint density at radius 2 is 1.54 bits per heavy atom. The van der Waals surface area contributed by atoms with E-state index >= 15 is 0 Å². The third-order valence-electron chi connectivity index (χ3n) is 4.16. The molecule has 0 aliphatic heterocycles. The van der Waals surface area contributed by atoms with Gasteiger partial charge in [0.1, 0.15) is 0 Å². The number of nitrogens with one attached hydrogen (secondary N) is 2. The van der Waals surface area contributed by atoms with Gasteiger partial charge < -0.3 is 10.6 Å². The first-order chi connectivity index (χ1) is 13.4. The Balaban J connectivity index is 1.77. The highest BCUT2D eigenvalue weighted by molar-refractivity contribution is 7.91. The molecule has 0 saturated heterocycles. The van der Waals surface area contributed by atoms with Crippen LogP contribution in [0, 0.1) is 6.92 Å². The van der Waals surface area contributed by atoms with Gasteiger partial charge in [-0.3, -0.25) is 4.79 Å². The Bertz CT molecular complexity index is 1100. The smallest absolute Gasteiger partial charge is 0.243 e. The molecule has 0 bridgehead atoms. The van der Waals surface area contributed by atoms with Crippen molar-refractivity contribution in [3.8, 4) is 0 Å². The minimum atomic E-state index is -3.76. The number of carbonyl (C=O) groups excluding carboxylic acids is 1. The highest BCUT2D eigenvalue weighted by Gasteiger charge is 2.22. The molecule has 0 aliphatic carbocycles. The lowest BCUT2D eigenvalue weighted by molar-refractivity contribution is -0.114. The number of rotatable bonds is 6. The second kappa shape index (κ2) is 8.46. The molecule has 0 heterocycles. The van der Waals surface area contributed by atoms with Crippen molar-refractivity contribution in [2.24, 2.45) is 0 Å². The summed E-state index contributed by atoms with van der Waals surface area (Å²) in [5.41, 5.74) is 2.05. The topological polar surface area (TPSA) is 75.3 Å². The lowest BCUT2D eigenvalue weighted by Gasteiger charge is -2.13. The molecule has 0 spiro atoms. The Kier molecular flexibility index (Phi) is 6.02. The SMILES string of the molecule is Cc1ccccc1NC(=O)CNc1cccc(S(=O)(=O)c2ccccc2)c1Cl. The first-order valence-corrected chi connectivity index (χ1v) is 10.4. The Morgan fingerprint density at radius 1 is 0.893 bits per heavy atom. The van der Waals surface area contributed by atoms with Gasteiger partial charge >= 0.3 is 0 Å². The van der Waals surface area contributed by atoms with Gasteiger partial charge in [-0.25, -0.2) is 8.42 Å². The third kappa shape index (κ3) is 4.35. The molecule has 1 amide bonds. The maximum atomic E-state index is 12.8. The van der Waals surface area contributed by atoms with Crippen molar-refractivity contribution in [1.82, 2.24) is 0 Å². The summed E-state index contributed by atoms with van der Waals surface area (Å²) in [7, 11) is -3.76. The Hall–Kier alpha value is -2.83. The van der Waals surface area contributed by atoms with Crippen LogP contribution >= 0.6 is 11.6 Å². The number of hydrogen-bond donors (Lipinski definition) is 2. The van der Waals surface area contributed by atoms with E-state index in [0.717, 1.165) is 11.3 Å². The van der Waals surface area contributed by atoms with Gasteiger partial charge in [-0.05, 0) is 42.8 Å². The largest absolute Gasteiger partial charge is 0.375 e. The molecule has 3 aromatic rings. The van der Waals surface area contributed by atoms with E-state index in [1.165, 1.54) is 18.2 Å². The number of sulfone groups is 1. The summed E-state index contributed by atoms with van der Waals surface area (Å²) < 4.78 is 25.7. The van der Waals surface area contributed by atoms with Crippen molar-refractivity contribution in [2.75, 3.05) is 17.2 Å². The van der Waals surface area contributed by atoms with Crippen LogP contribution in [0.25, 0.3) is 0 Å². The average molecular weight is 415 g/mol. The molecule has 7 heteroatoms. The molecule has 28 heavy (non-hydrogen) atoms. The average Bonchev–Trinajstić information content (AvgIpc) is 2.69. The quantitative estimate of drug-likeness (QED) is 0.621. The zero-order valence-corrected chi connectivity index (χ0v) is 16.7. The maximum Gasteiger partial charge on any atom is 0.243 e. The summed E-state index contributed by atoms with van der Waals surface area (Å²) in [5, 5.41) is 5.77. The number of benzene rings is 3. The standard InChI is InChI=1S/C21H19ClN2O3S/c1-15-8-5-6-11-17(15)24-20(25)14-23-18-12-7-13-19(21(18)22)28(26,27)16-9-3-2-4-10-16/h2-13,23H,14H2,1H3,(H,24,25). The molecule has 0 aromatic heterocycles. The van der Waals surface area contributed by atoms with E-state index in [0.29, 0.717) is 5.69 Å². The van der Waals surface area contributed by atoms with Crippen molar-refractivity contribution >= 4 is 38.7 Å². The lowest BCUT2D eigenvalue weighted by atomic mass is 10.2. The highest BCUT2D eigenvalue weighted by atomic mass is 35.5. The van der Waals surface area contributed by atoms with Crippen molar-refractivity contribution in [3.63, 3.8) is 0 Å². The van der Waals surface area contributed by atoms with E-state index in [4.69, 9.17) is 11.6 Å². The number of carbonyl (C=O) groups is 1. The van der Waals surface area contributed by atoms with Crippen molar-refractivity contribution in [1.29, 1.82) is 0 Å². The Morgan fingerprint density at radius 3 is 2.25 bits per heavy atom. The van der Waals surface area contributed by atoms with E-state index in [2.05, 4.69) is 10.6 Å². The number of anilines is 2. The van der Waals surface area contributed by atoms with E-state index in [1.54, 1.807) is 30.3 Å². The second-order valence-electron chi connectivity index (χ2n) is 6.15. The van der Waals surface area contributed by atoms with E-state index in [-0.39, 0.29) is 27.3 Å². The minimum absolute atomic E-state index is 0.00956. The van der Waals surface area contributed by atoms with Gasteiger partial charge in [0.05, 0.1) is 27.0 Å². The summed E-state index contributed by atoms with van der Waals surface area (Å²) in [5.74, 6) is -0.262. The molecule has 3 rings (SSSR count). The van der Waals surface area contributed by atoms with Crippen LogP contribution in [0.4, 0.5) is 11.4 Å². The van der Waals surface area contributed by atoms with Gasteiger partial charge in [0.25, 0.3) is 0 Å². The van der Waals surface area contributed by atoms with Crippen LogP contribution < -0.4 is 10.6 Å². The zero-order chi connectivity index (χ0) is 20.1. The van der Waals surface area contributed by atoms with Gasteiger partial charge in [-0.2, -0.15) is 0 Å². The molecule has 0 radical (unpaired) electrons. The van der Waals surface area contributed by atoms with Crippen LogP contribution in [0.15, 0.2) is 82.6 Å². The van der Waals surface area contributed by atoms with Crippen LogP contribution in [0.2, 0.25) is 5.02 Å². The monoisotopic (exact) mass is 414 g/mol. The molecule has 0 fully saturated rings. The van der Waals surface area contributed by atoms with Gasteiger partial charge in [0.2, 0.25) is 15.7 Å². The molecule has 0 unspecified atom stereocenters. The third-order valence-corrected chi connectivity index (χ3v) is 6.50. The first-order valence-electron chi connectivity index (χ1n) is 8.57. The molecule has 0 atom stereocenters. The molecule has 5 nitrogen and oxygen atoms in total. The summed E-state index contributed by atoms with van der Waals surface area (Å²) in [6.45, 7) is 1.85. The van der Waals surface area contributed by atoms with Crippen LogP contribution in [-0.4, -0.2) is 20.9 Å². The predicted molar refractivity (Wildman–Crippen MR) is 112 cm³/mol. The van der Waals surface area contributed by atoms with E-state index < -0.39 is 9.84 Å².